The third kappa shape index (κ3) is 6.08. The van der Waals surface area contributed by atoms with Crippen LogP contribution >= 0.6 is 0 Å². The molecule has 1 N–H and O–H groups in total. The first-order chi connectivity index (χ1) is 17.5. The Morgan fingerprint density at radius 1 is 1.00 bits per heavy atom. The summed E-state index contributed by atoms with van der Waals surface area (Å²) in [7, 11) is 3.10. The molecular weight excluding hydrogens is 456 g/mol. The maximum Gasteiger partial charge on any atom is 0.308 e. The summed E-state index contributed by atoms with van der Waals surface area (Å²) in [6, 6.07) is 15.9. The molecule has 1 unspecified atom stereocenters. The van der Waals surface area contributed by atoms with E-state index in [2.05, 4.69) is 16.8 Å². The van der Waals surface area contributed by atoms with Crippen LogP contribution in [0.15, 0.2) is 54.7 Å². The molecule has 3 aromatic rings. The van der Waals surface area contributed by atoms with E-state index in [1.54, 1.807) is 7.11 Å². The van der Waals surface area contributed by atoms with Crippen molar-refractivity contribution in [2.75, 3.05) is 27.4 Å². The topological polar surface area (TPSA) is 78.8 Å². The number of fused-ring (bicyclic) bond motifs is 1. The number of aromatic nitrogens is 1. The summed E-state index contributed by atoms with van der Waals surface area (Å²) in [6.07, 6.45) is 5.47. The zero-order valence-electron chi connectivity index (χ0n) is 21.4. The monoisotopic (exact) mass is 492 g/mol. The SMILES string of the molecule is COCCOc1ccc(Cn2ccc3cccc(C(=O)NC(C)[C@H]4CC[C@H](C(=O)OC)CC4)c32)cc1. The fourth-order valence-electron chi connectivity index (χ4n) is 5.13. The van der Waals surface area contributed by atoms with Crippen LogP contribution in [0, 0.1) is 11.8 Å². The highest BCUT2D eigenvalue weighted by atomic mass is 16.5. The first-order valence-electron chi connectivity index (χ1n) is 12.7. The molecule has 1 aliphatic rings. The van der Waals surface area contributed by atoms with E-state index < -0.39 is 0 Å². The Kier molecular flexibility index (Phi) is 8.65. The molecule has 1 amide bonds. The Hall–Kier alpha value is -3.32. The smallest absolute Gasteiger partial charge is 0.308 e. The van der Waals surface area contributed by atoms with Crippen LogP contribution in [0.5, 0.6) is 5.75 Å². The largest absolute Gasteiger partial charge is 0.491 e. The number of ether oxygens (including phenoxy) is 3. The molecule has 1 atom stereocenters. The van der Waals surface area contributed by atoms with E-state index in [4.69, 9.17) is 14.2 Å². The number of nitrogens with one attached hydrogen (secondary N) is 1. The van der Waals surface area contributed by atoms with Crippen molar-refractivity contribution in [3.8, 4) is 5.75 Å². The average molecular weight is 493 g/mol. The quantitative estimate of drug-likeness (QED) is 0.325. The van der Waals surface area contributed by atoms with Gasteiger partial charge in [0.1, 0.15) is 12.4 Å². The van der Waals surface area contributed by atoms with Crippen molar-refractivity contribution in [2.24, 2.45) is 11.8 Å². The molecule has 36 heavy (non-hydrogen) atoms. The Bertz CT molecular complexity index is 1160. The summed E-state index contributed by atoms with van der Waals surface area (Å²) in [5.41, 5.74) is 2.72. The van der Waals surface area contributed by atoms with Gasteiger partial charge in [0.05, 0.1) is 30.7 Å². The van der Waals surface area contributed by atoms with Gasteiger partial charge in [-0.05, 0) is 68.4 Å². The number of hydrogen-bond donors (Lipinski definition) is 1. The zero-order chi connectivity index (χ0) is 25.5. The normalized spacial score (nSPS) is 18.5. The number of nitrogens with zero attached hydrogens (tertiary/aromatic N) is 1. The van der Waals surface area contributed by atoms with Crippen molar-refractivity contribution in [1.29, 1.82) is 0 Å². The van der Waals surface area contributed by atoms with E-state index in [1.165, 1.54) is 7.11 Å². The van der Waals surface area contributed by atoms with Crippen LogP contribution in [0.25, 0.3) is 10.9 Å². The van der Waals surface area contributed by atoms with Gasteiger partial charge in [-0.2, -0.15) is 0 Å². The van der Waals surface area contributed by atoms with Crippen molar-refractivity contribution in [3.05, 3.63) is 65.9 Å². The fourth-order valence-corrected chi connectivity index (χ4v) is 5.13. The minimum atomic E-state index is -0.120. The van der Waals surface area contributed by atoms with Gasteiger partial charge < -0.3 is 24.1 Å². The van der Waals surface area contributed by atoms with Crippen LogP contribution < -0.4 is 10.1 Å². The van der Waals surface area contributed by atoms with Crippen LogP contribution in [0.3, 0.4) is 0 Å². The van der Waals surface area contributed by atoms with Gasteiger partial charge in [0, 0.05) is 31.3 Å². The second kappa shape index (κ2) is 12.1. The Labute approximate surface area is 212 Å². The molecule has 0 bridgehead atoms. The minimum absolute atomic E-state index is 0.0165. The standard InChI is InChI=1S/C29H36N2O5/c1-20(22-9-11-24(12-10-22)29(33)35-3)30-28(32)26-6-4-5-23-15-16-31(27(23)26)19-21-7-13-25(14-8-21)36-18-17-34-2/h4-8,13-16,20,22,24H,9-12,17-19H2,1-3H3,(H,30,32)/t20?,22-,24-. The van der Waals surface area contributed by atoms with E-state index in [0.717, 1.165) is 47.9 Å². The number of rotatable bonds is 10. The summed E-state index contributed by atoms with van der Waals surface area (Å²) in [4.78, 5) is 25.2. The van der Waals surface area contributed by atoms with Crippen LogP contribution in [0.1, 0.15) is 48.5 Å². The summed E-state index contributed by atoms with van der Waals surface area (Å²) in [6.45, 7) is 3.78. The minimum Gasteiger partial charge on any atom is -0.491 e. The Balaban J connectivity index is 1.43. The molecule has 7 heteroatoms. The lowest BCUT2D eigenvalue weighted by Crippen LogP contribution is -2.40. The fraction of sp³-hybridized carbons (Fsp3) is 0.448. The van der Waals surface area contributed by atoms with Gasteiger partial charge in [-0.25, -0.2) is 0 Å². The number of benzene rings is 2. The van der Waals surface area contributed by atoms with E-state index in [1.807, 2.05) is 54.7 Å². The lowest BCUT2D eigenvalue weighted by atomic mass is 9.79. The first-order valence-corrected chi connectivity index (χ1v) is 12.7. The van der Waals surface area contributed by atoms with Gasteiger partial charge in [-0.15, -0.1) is 0 Å². The summed E-state index contributed by atoms with van der Waals surface area (Å²) in [5, 5.41) is 4.27. The molecule has 4 rings (SSSR count). The predicted octanol–water partition coefficient (Wildman–Crippen LogP) is 4.81. The molecule has 1 aliphatic carbocycles. The van der Waals surface area contributed by atoms with Crippen LogP contribution in [-0.4, -0.2) is 49.9 Å². The number of carbonyl (C=O) groups is 2. The van der Waals surface area contributed by atoms with Crippen molar-refractivity contribution in [1.82, 2.24) is 9.88 Å². The molecular formula is C29H36N2O5. The highest BCUT2D eigenvalue weighted by Crippen LogP contribution is 2.32. The number of esters is 1. The molecule has 0 spiro atoms. The van der Waals surface area contributed by atoms with Crippen molar-refractivity contribution < 1.29 is 23.8 Å². The van der Waals surface area contributed by atoms with Gasteiger partial charge >= 0.3 is 5.97 Å². The number of carbonyl (C=O) groups excluding carboxylic acids is 2. The number of para-hydroxylation sites is 1. The van der Waals surface area contributed by atoms with Crippen molar-refractivity contribution in [3.63, 3.8) is 0 Å². The van der Waals surface area contributed by atoms with Gasteiger partial charge in [0.25, 0.3) is 5.91 Å². The van der Waals surface area contributed by atoms with E-state index in [0.29, 0.717) is 31.2 Å². The molecule has 0 saturated heterocycles. The van der Waals surface area contributed by atoms with Crippen molar-refractivity contribution >= 4 is 22.8 Å². The second-order valence-electron chi connectivity index (χ2n) is 9.57. The van der Waals surface area contributed by atoms with E-state index >= 15 is 0 Å². The maximum atomic E-state index is 13.4. The van der Waals surface area contributed by atoms with Gasteiger partial charge in [-0.1, -0.05) is 24.3 Å². The third-order valence-electron chi connectivity index (χ3n) is 7.24. The molecule has 7 nitrogen and oxygen atoms in total. The third-order valence-corrected chi connectivity index (χ3v) is 7.24. The van der Waals surface area contributed by atoms with E-state index in [-0.39, 0.29) is 23.8 Å². The van der Waals surface area contributed by atoms with Gasteiger partial charge in [-0.3, -0.25) is 9.59 Å². The predicted molar refractivity (Wildman–Crippen MR) is 139 cm³/mol. The maximum absolute atomic E-state index is 13.4. The molecule has 0 aliphatic heterocycles. The molecule has 1 fully saturated rings. The van der Waals surface area contributed by atoms with Gasteiger partial charge in [0.15, 0.2) is 0 Å². The van der Waals surface area contributed by atoms with Crippen LogP contribution in [0.2, 0.25) is 0 Å². The number of hydrogen-bond acceptors (Lipinski definition) is 5. The molecule has 1 saturated carbocycles. The summed E-state index contributed by atoms with van der Waals surface area (Å²) >= 11 is 0. The average Bonchev–Trinajstić information content (AvgIpc) is 3.32. The lowest BCUT2D eigenvalue weighted by molar-refractivity contribution is -0.146. The van der Waals surface area contributed by atoms with Crippen LogP contribution in [0.4, 0.5) is 0 Å². The number of methoxy groups -OCH3 is 2. The van der Waals surface area contributed by atoms with Crippen molar-refractivity contribution in [2.45, 2.75) is 45.2 Å². The first kappa shape index (κ1) is 25.8. The second-order valence-corrected chi connectivity index (χ2v) is 9.57. The lowest BCUT2D eigenvalue weighted by Gasteiger charge is -2.31. The molecule has 1 heterocycles. The number of amides is 1. The van der Waals surface area contributed by atoms with Gasteiger partial charge in [0.2, 0.25) is 0 Å². The highest BCUT2D eigenvalue weighted by Gasteiger charge is 2.30. The zero-order valence-corrected chi connectivity index (χ0v) is 21.4. The van der Waals surface area contributed by atoms with E-state index in [9.17, 15) is 9.59 Å². The molecule has 0 radical (unpaired) electrons. The molecule has 1 aromatic heterocycles. The summed E-state index contributed by atoms with van der Waals surface area (Å²) < 4.78 is 17.7. The molecule has 2 aromatic carbocycles. The Morgan fingerprint density at radius 2 is 1.75 bits per heavy atom. The summed E-state index contributed by atoms with van der Waals surface area (Å²) in [5.74, 6) is 0.960. The molecule has 192 valence electrons. The van der Waals surface area contributed by atoms with Crippen LogP contribution in [-0.2, 0) is 20.8 Å². The highest BCUT2D eigenvalue weighted by molar-refractivity contribution is 6.06. The Morgan fingerprint density at radius 3 is 2.44 bits per heavy atom.